The highest BCUT2D eigenvalue weighted by atomic mass is 79.9. The van der Waals surface area contributed by atoms with Gasteiger partial charge in [-0.2, -0.15) is 8.61 Å². The van der Waals surface area contributed by atoms with Gasteiger partial charge in [0.1, 0.15) is 5.75 Å². The van der Waals surface area contributed by atoms with E-state index in [9.17, 15) is 16.8 Å². The fourth-order valence-electron chi connectivity index (χ4n) is 2.97. The molecule has 1 aliphatic heterocycles. The first-order valence-electron chi connectivity index (χ1n) is 8.57. The molecule has 0 amide bonds. The molecule has 0 aliphatic carbocycles. The van der Waals surface area contributed by atoms with Gasteiger partial charge in [-0.3, -0.25) is 0 Å². The lowest BCUT2D eigenvalue weighted by Crippen LogP contribution is -2.50. The monoisotopic (exact) mass is 488 g/mol. The number of methoxy groups -OCH3 is 1. The Hall–Kier alpha value is -1.46. The summed E-state index contributed by atoms with van der Waals surface area (Å²) in [6.45, 7) is 2.28. The predicted molar refractivity (Wildman–Crippen MR) is 109 cm³/mol. The zero-order valence-corrected chi connectivity index (χ0v) is 18.7. The molecule has 3 rings (SSSR count). The fraction of sp³-hybridized carbons (Fsp3) is 0.333. The molecule has 0 atom stereocenters. The second-order valence-electron chi connectivity index (χ2n) is 6.42. The molecule has 0 spiro atoms. The molecule has 0 saturated carbocycles. The maximum atomic E-state index is 12.9. The molecule has 1 heterocycles. The van der Waals surface area contributed by atoms with E-state index in [0.717, 1.165) is 5.56 Å². The number of hydrogen-bond donors (Lipinski definition) is 0. The normalized spacial score (nSPS) is 16.8. The van der Waals surface area contributed by atoms with Crippen LogP contribution in [0, 0.1) is 6.92 Å². The molecule has 0 radical (unpaired) electrons. The van der Waals surface area contributed by atoms with E-state index in [2.05, 4.69) is 15.9 Å². The maximum Gasteiger partial charge on any atom is 0.243 e. The van der Waals surface area contributed by atoms with Crippen LogP contribution in [-0.2, 0) is 20.0 Å². The van der Waals surface area contributed by atoms with Crippen molar-refractivity contribution in [2.75, 3.05) is 33.3 Å². The van der Waals surface area contributed by atoms with E-state index in [-0.39, 0.29) is 36.0 Å². The first kappa shape index (κ1) is 21.3. The second-order valence-corrected chi connectivity index (χ2v) is 11.1. The van der Waals surface area contributed by atoms with Crippen molar-refractivity contribution in [3.05, 3.63) is 52.5 Å². The highest BCUT2D eigenvalue weighted by Crippen LogP contribution is 2.29. The van der Waals surface area contributed by atoms with Crippen molar-refractivity contribution >= 4 is 36.0 Å². The molecule has 1 aliphatic rings. The van der Waals surface area contributed by atoms with Crippen LogP contribution in [0.3, 0.4) is 0 Å². The van der Waals surface area contributed by atoms with Crippen molar-refractivity contribution in [2.24, 2.45) is 0 Å². The number of rotatable bonds is 5. The van der Waals surface area contributed by atoms with E-state index in [1.165, 1.54) is 27.9 Å². The molecule has 10 heteroatoms. The van der Waals surface area contributed by atoms with E-state index >= 15 is 0 Å². The lowest BCUT2D eigenvalue weighted by Gasteiger charge is -2.33. The molecular formula is C18H21BrN2O5S2. The third kappa shape index (κ3) is 4.11. The summed E-state index contributed by atoms with van der Waals surface area (Å²) in [6.07, 6.45) is 0. The molecule has 0 bridgehead atoms. The first-order valence-corrected chi connectivity index (χ1v) is 12.2. The minimum absolute atomic E-state index is 0.0943. The number of piperazine rings is 1. The summed E-state index contributed by atoms with van der Waals surface area (Å²) in [4.78, 5) is 0.350. The highest BCUT2D eigenvalue weighted by Gasteiger charge is 2.33. The summed E-state index contributed by atoms with van der Waals surface area (Å²) >= 11 is 3.29. The van der Waals surface area contributed by atoms with Gasteiger partial charge in [0, 0.05) is 26.2 Å². The molecule has 28 heavy (non-hydrogen) atoms. The average molecular weight is 489 g/mol. The number of hydrogen-bond acceptors (Lipinski definition) is 5. The van der Waals surface area contributed by atoms with E-state index in [0.29, 0.717) is 10.2 Å². The molecule has 1 saturated heterocycles. The molecule has 0 unspecified atom stereocenters. The van der Waals surface area contributed by atoms with Gasteiger partial charge >= 0.3 is 0 Å². The number of nitrogens with zero attached hydrogens (tertiary/aromatic N) is 2. The van der Waals surface area contributed by atoms with Gasteiger partial charge in [-0.1, -0.05) is 17.7 Å². The number of ether oxygens (including phenoxy) is 1. The van der Waals surface area contributed by atoms with Crippen molar-refractivity contribution in [3.8, 4) is 5.75 Å². The van der Waals surface area contributed by atoms with E-state index in [1.807, 2.05) is 6.92 Å². The zero-order chi connectivity index (χ0) is 20.5. The van der Waals surface area contributed by atoms with Crippen molar-refractivity contribution < 1.29 is 21.6 Å². The molecule has 7 nitrogen and oxygen atoms in total. The van der Waals surface area contributed by atoms with E-state index in [4.69, 9.17) is 4.74 Å². The third-order valence-corrected chi connectivity index (χ3v) is 9.04. The van der Waals surface area contributed by atoms with Crippen LogP contribution in [0.15, 0.2) is 56.7 Å². The Kier molecular flexibility index (Phi) is 6.16. The van der Waals surface area contributed by atoms with Gasteiger partial charge in [0.05, 0.1) is 21.4 Å². The predicted octanol–water partition coefficient (Wildman–Crippen LogP) is 2.46. The lowest BCUT2D eigenvalue weighted by atomic mass is 10.2. The van der Waals surface area contributed by atoms with Crippen LogP contribution < -0.4 is 4.74 Å². The van der Waals surface area contributed by atoms with Crippen molar-refractivity contribution in [3.63, 3.8) is 0 Å². The Bertz CT molecular complexity index is 1060. The second kappa shape index (κ2) is 8.11. The summed E-state index contributed by atoms with van der Waals surface area (Å²) in [6, 6.07) is 11.2. The van der Waals surface area contributed by atoms with E-state index < -0.39 is 20.0 Å². The smallest absolute Gasteiger partial charge is 0.243 e. The number of benzene rings is 2. The van der Waals surface area contributed by atoms with Crippen LogP contribution in [-0.4, -0.2) is 58.7 Å². The number of aryl methyl sites for hydroxylation is 1. The minimum Gasteiger partial charge on any atom is -0.496 e. The van der Waals surface area contributed by atoms with Gasteiger partial charge in [-0.15, -0.1) is 0 Å². The molecule has 1 fully saturated rings. The summed E-state index contributed by atoms with van der Waals surface area (Å²) in [5, 5.41) is 0. The van der Waals surface area contributed by atoms with Crippen LogP contribution in [0.1, 0.15) is 5.56 Å². The molecule has 0 aromatic heterocycles. The van der Waals surface area contributed by atoms with Crippen LogP contribution in [0.25, 0.3) is 0 Å². The van der Waals surface area contributed by atoms with E-state index in [1.54, 1.807) is 30.3 Å². The Morgan fingerprint density at radius 1 is 0.821 bits per heavy atom. The van der Waals surface area contributed by atoms with Gasteiger partial charge in [0.15, 0.2) is 0 Å². The summed E-state index contributed by atoms with van der Waals surface area (Å²) in [5.74, 6) is 0.535. The molecular weight excluding hydrogens is 468 g/mol. The molecule has 0 N–H and O–H groups in total. The lowest BCUT2D eigenvalue weighted by molar-refractivity contribution is 0.273. The molecule has 2 aromatic rings. The van der Waals surface area contributed by atoms with Crippen LogP contribution in [0.2, 0.25) is 0 Å². The Morgan fingerprint density at radius 3 is 1.75 bits per heavy atom. The van der Waals surface area contributed by atoms with Gasteiger partial charge in [-0.25, -0.2) is 16.8 Å². The fourth-order valence-corrected chi connectivity index (χ4v) is 6.53. The summed E-state index contributed by atoms with van der Waals surface area (Å²) in [5.41, 5.74) is 0.973. The molecule has 2 aromatic carbocycles. The van der Waals surface area contributed by atoms with Gasteiger partial charge in [0.2, 0.25) is 20.0 Å². The number of halogens is 1. The maximum absolute atomic E-state index is 12.9. The summed E-state index contributed by atoms with van der Waals surface area (Å²) in [7, 11) is -5.86. The SMILES string of the molecule is COc1ccc(S(=O)(=O)N2CCN(S(=O)(=O)c3ccc(C)cc3)CC2)cc1Br. The zero-order valence-electron chi connectivity index (χ0n) is 15.5. The van der Waals surface area contributed by atoms with Crippen LogP contribution >= 0.6 is 15.9 Å². The minimum atomic E-state index is -3.72. The molecule has 152 valence electrons. The quantitative estimate of drug-likeness (QED) is 0.645. The Balaban J connectivity index is 1.75. The van der Waals surface area contributed by atoms with Gasteiger partial charge in [-0.05, 0) is 53.2 Å². The third-order valence-electron chi connectivity index (χ3n) is 4.62. The van der Waals surface area contributed by atoms with Crippen molar-refractivity contribution in [1.29, 1.82) is 0 Å². The summed E-state index contributed by atoms with van der Waals surface area (Å²) < 4.78 is 59.7. The van der Waals surface area contributed by atoms with Gasteiger partial charge < -0.3 is 4.74 Å². The average Bonchev–Trinajstić information content (AvgIpc) is 2.68. The first-order chi connectivity index (χ1) is 13.2. The van der Waals surface area contributed by atoms with Crippen LogP contribution in [0.4, 0.5) is 0 Å². The van der Waals surface area contributed by atoms with Crippen molar-refractivity contribution in [2.45, 2.75) is 16.7 Å². The largest absolute Gasteiger partial charge is 0.496 e. The van der Waals surface area contributed by atoms with Gasteiger partial charge in [0.25, 0.3) is 0 Å². The highest BCUT2D eigenvalue weighted by molar-refractivity contribution is 9.10. The number of sulfonamides is 2. The standard InChI is InChI=1S/C18H21BrN2O5S2/c1-14-3-5-15(6-4-14)27(22,23)20-9-11-21(12-10-20)28(24,25)16-7-8-18(26-2)17(19)13-16/h3-8,13H,9-12H2,1-2H3. The van der Waals surface area contributed by atoms with Crippen molar-refractivity contribution in [1.82, 2.24) is 8.61 Å². The van der Waals surface area contributed by atoms with Crippen LogP contribution in [0.5, 0.6) is 5.75 Å². The Labute approximate surface area is 174 Å². The Morgan fingerprint density at radius 2 is 1.29 bits per heavy atom. The topological polar surface area (TPSA) is 84.0 Å².